The fraction of sp³-hybridized carbons (Fsp3) is 0.304. The fourth-order valence-electron chi connectivity index (χ4n) is 3.77. The molecule has 0 spiro atoms. The van der Waals surface area contributed by atoms with E-state index < -0.39 is 5.41 Å². The predicted molar refractivity (Wildman–Crippen MR) is 116 cm³/mol. The molecule has 2 atom stereocenters. The summed E-state index contributed by atoms with van der Waals surface area (Å²) >= 11 is 5.99. The van der Waals surface area contributed by atoms with Crippen LogP contribution in [0.25, 0.3) is 0 Å². The Labute approximate surface area is 184 Å². The molecular formula is C23H22ClFN4O2. The molecule has 1 aromatic carbocycles. The number of aryl methyl sites for hydroxylation is 2. The number of amides is 1. The molecule has 1 saturated carbocycles. The van der Waals surface area contributed by atoms with Crippen LogP contribution >= 0.6 is 11.6 Å². The summed E-state index contributed by atoms with van der Waals surface area (Å²) in [5.74, 6) is 0.796. The number of halogens is 2. The fourth-order valence-corrected chi connectivity index (χ4v) is 3.93. The number of hydrogen-bond donors (Lipinski definition) is 1. The lowest BCUT2D eigenvalue weighted by molar-refractivity contribution is -0.117. The number of nitrogens with zero attached hydrogens (tertiary/aromatic N) is 3. The highest BCUT2D eigenvalue weighted by molar-refractivity contribution is 6.30. The number of aromatic nitrogens is 3. The maximum Gasteiger partial charge on any atom is 0.229 e. The summed E-state index contributed by atoms with van der Waals surface area (Å²) in [7, 11) is 0. The van der Waals surface area contributed by atoms with E-state index in [4.69, 9.17) is 16.3 Å². The first-order valence-corrected chi connectivity index (χ1v) is 10.4. The van der Waals surface area contributed by atoms with Crippen LogP contribution < -0.4 is 10.1 Å². The molecule has 3 aromatic rings. The lowest BCUT2D eigenvalue weighted by atomic mass is 9.93. The molecule has 0 saturated heterocycles. The summed E-state index contributed by atoms with van der Waals surface area (Å²) < 4.78 is 19.6. The molecule has 1 N–H and O–H groups in total. The maximum atomic E-state index is 13.5. The molecule has 0 aliphatic heterocycles. The number of hydrogen-bond acceptors (Lipinski definition) is 5. The van der Waals surface area contributed by atoms with Gasteiger partial charge in [0.05, 0.1) is 24.4 Å². The summed E-state index contributed by atoms with van der Waals surface area (Å²) in [6.45, 7) is 4.07. The number of nitrogens with one attached hydrogen (secondary N) is 1. The van der Waals surface area contributed by atoms with Crippen molar-refractivity contribution in [2.75, 3.05) is 11.9 Å². The van der Waals surface area contributed by atoms with Crippen LogP contribution in [-0.2, 0) is 16.6 Å². The Balaban J connectivity index is 1.57. The molecular weight excluding hydrogens is 419 g/mol. The zero-order valence-corrected chi connectivity index (χ0v) is 18.0. The van der Waals surface area contributed by atoms with Gasteiger partial charge in [0.25, 0.3) is 0 Å². The lowest BCUT2D eigenvalue weighted by Gasteiger charge is -2.20. The first kappa shape index (κ1) is 21.2. The Morgan fingerprint density at radius 3 is 2.77 bits per heavy atom. The van der Waals surface area contributed by atoms with Crippen LogP contribution in [0.2, 0.25) is 5.02 Å². The van der Waals surface area contributed by atoms with Gasteiger partial charge in [-0.15, -0.1) is 0 Å². The second kappa shape index (κ2) is 8.59. The molecule has 1 amide bonds. The van der Waals surface area contributed by atoms with Crippen molar-refractivity contribution in [3.05, 3.63) is 76.7 Å². The van der Waals surface area contributed by atoms with Crippen LogP contribution in [0.3, 0.4) is 0 Å². The number of carbonyl (C=O) groups excluding carboxylic acids is 1. The second-order valence-electron chi connectivity index (χ2n) is 7.64. The zero-order valence-electron chi connectivity index (χ0n) is 17.2. The SMILES string of the molecule is CCc1nc(C)ncc1OCC1(c2ccc(F)cc2)CC1C(=O)Nc1cc(Cl)ccn1. The second-order valence-corrected chi connectivity index (χ2v) is 8.08. The molecule has 2 unspecified atom stereocenters. The van der Waals surface area contributed by atoms with E-state index in [0.29, 0.717) is 35.3 Å². The van der Waals surface area contributed by atoms with Crippen LogP contribution in [0.1, 0.15) is 30.4 Å². The molecule has 1 fully saturated rings. The lowest BCUT2D eigenvalue weighted by Crippen LogP contribution is -2.27. The number of ether oxygens (including phenoxy) is 1. The highest BCUT2D eigenvalue weighted by Gasteiger charge is 2.60. The van der Waals surface area contributed by atoms with Crippen molar-refractivity contribution in [3.63, 3.8) is 0 Å². The minimum atomic E-state index is -0.577. The zero-order chi connectivity index (χ0) is 22.0. The van der Waals surface area contributed by atoms with Crippen molar-refractivity contribution in [3.8, 4) is 5.75 Å². The van der Waals surface area contributed by atoms with E-state index in [1.54, 1.807) is 30.5 Å². The van der Waals surface area contributed by atoms with Gasteiger partial charge < -0.3 is 10.1 Å². The molecule has 31 heavy (non-hydrogen) atoms. The number of rotatable bonds is 7. The molecule has 1 aliphatic rings. The van der Waals surface area contributed by atoms with Gasteiger partial charge >= 0.3 is 0 Å². The quantitative estimate of drug-likeness (QED) is 0.585. The smallest absolute Gasteiger partial charge is 0.229 e. The van der Waals surface area contributed by atoms with Gasteiger partial charge in [0.1, 0.15) is 17.5 Å². The van der Waals surface area contributed by atoms with Gasteiger partial charge in [-0.25, -0.2) is 19.3 Å². The van der Waals surface area contributed by atoms with Gasteiger partial charge in [0.2, 0.25) is 5.91 Å². The minimum Gasteiger partial charge on any atom is -0.489 e. The molecule has 0 bridgehead atoms. The van der Waals surface area contributed by atoms with E-state index >= 15 is 0 Å². The van der Waals surface area contributed by atoms with Gasteiger partial charge in [0.15, 0.2) is 5.75 Å². The van der Waals surface area contributed by atoms with Crippen molar-refractivity contribution in [2.24, 2.45) is 5.92 Å². The largest absolute Gasteiger partial charge is 0.489 e. The number of carbonyl (C=O) groups is 1. The summed E-state index contributed by atoms with van der Waals surface area (Å²) in [5.41, 5.74) is 1.08. The highest BCUT2D eigenvalue weighted by Crippen LogP contribution is 2.55. The third kappa shape index (κ3) is 4.51. The molecule has 2 heterocycles. The number of benzene rings is 1. The summed E-state index contributed by atoms with van der Waals surface area (Å²) in [6, 6.07) is 9.44. The van der Waals surface area contributed by atoms with Crippen LogP contribution in [0, 0.1) is 18.7 Å². The average molecular weight is 441 g/mol. The van der Waals surface area contributed by atoms with Crippen LogP contribution in [0.5, 0.6) is 5.75 Å². The third-order valence-corrected chi connectivity index (χ3v) is 5.79. The summed E-state index contributed by atoms with van der Waals surface area (Å²) in [4.78, 5) is 25.8. The normalized spacial score (nSPS) is 19.7. The Morgan fingerprint density at radius 1 is 1.29 bits per heavy atom. The van der Waals surface area contributed by atoms with E-state index in [1.807, 2.05) is 13.8 Å². The van der Waals surface area contributed by atoms with Crippen molar-refractivity contribution < 1.29 is 13.9 Å². The first-order valence-electron chi connectivity index (χ1n) is 10.0. The van der Waals surface area contributed by atoms with Crippen molar-refractivity contribution in [2.45, 2.75) is 32.1 Å². The Kier molecular flexibility index (Phi) is 5.87. The van der Waals surface area contributed by atoms with Gasteiger partial charge in [-0.2, -0.15) is 0 Å². The molecule has 160 valence electrons. The van der Waals surface area contributed by atoms with E-state index in [0.717, 1.165) is 11.3 Å². The van der Waals surface area contributed by atoms with Gasteiger partial charge in [-0.1, -0.05) is 30.7 Å². The van der Waals surface area contributed by atoms with Crippen molar-refractivity contribution in [1.82, 2.24) is 15.0 Å². The molecule has 6 nitrogen and oxygen atoms in total. The molecule has 0 radical (unpaired) electrons. The summed E-state index contributed by atoms with van der Waals surface area (Å²) in [6.07, 6.45) is 4.46. The number of pyridine rings is 1. The third-order valence-electron chi connectivity index (χ3n) is 5.55. The average Bonchev–Trinajstić information content (AvgIpc) is 3.49. The standard InChI is InChI=1S/C23H22ClFN4O2/c1-3-19-20(12-27-14(2)28-19)31-13-23(15-4-6-17(25)7-5-15)11-18(23)22(30)29-21-10-16(24)8-9-26-21/h4-10,12,18H,3,11,13H2,1-2H3,(H,26,29,30). The molecule has 4 rings (SSSR count). The Bertz CT molecular complexity index is 1110. The summed E-state index contributed by atoms with van der Waals surface area (Å²) in [5, 5.41) is 3.31. The predicted octanol–water partition coefficient (Wildman–Crippen LogP) is 4.51. The highest BCUT2D eigenvalue weighted by atomic mass is 35.5. The van der Waals surface area contributed by atoms with Crippen molar-refractivity contribution >= 4 is 23.3 Å². The van der Waals surface area contributed by atoms with Gasteiger partial charge in [-0.3, -0.25) is 4.79 Å². The van der Waals surface area contributed by atoms with E-state index in [1.165, 1.54) is 18.3 Å². The van der Waals surface area contributed by atoms with E-state index in [9.17, 15) is 9.18 Å². The van der Waals surface area contributed by atoms with Crippen LogP contribution in [0.15, 0.2) is 48.8 Å². The van der Waals surface area contributed by atoms with E-state index in [-0.39, 0.29) is 24.2 Å². The molecule has 2 aromatic heterocycles. The molecule has 1 aliphatic carbocycles. The topological polar surface area (TPSA) is 77.0 Å². The minimum absolute atomic E-state index is 0.182. The van der Waals surface area contributed by atoms with E-state index in [2.05, 4.69) is 20.3 Å². The van der Waals surface area contributed by atoms with Crippen molar-refractivity contribution in [1.29, 1.82) is 0 Å². The Hall–Kier alpha value is -3.06. The van der Waals surface area contributed by atoms with Crippen LogP contribution in [-0.4, -0.2) is 27.5 Å². The first-order chi connectivity index (χ1) is 14.9. The molecule has 8 heteroatoms. The van der Waals surface area contributed by atoms with Gasteiger partial charge in [0, 0.05) is 16.6 Å². The van der Waals surface area contributed by atoms with Gasteiger partial charge in [-0.05, 0) is 49.6 Å². The maximum absolute atomic E-state index is 13.5. The van der Waals surface area contributed by atoms with Crippen LogP contribution in [0.4, 0.5) is 10.2 Å². The Morgan fingerprint density at radius 2 is 2.06 bits per heavy atom. The number of anilines is 1. The monoisotopic (exact) mass is 440 g/mol.